The van der Waals surface area contributed by atoms with Crippen molar-refractivity contribution in [2.45, 2.75) is 13.3 Å². The SMILES string of the molecule is CCc1nc(C(=O)OC)c(N)n1-c1cccc(C(N)=O)c1. The summed E-state index contributed by atoms with van der Waals surface area (Å²) in [4.78, 5) is 27.1. The van der Waals surface area contributed by atoms with Gasteiger partial charge in [0.25, 0.3) is 0 Å². The largest absolute Gasteiger partial charge is 0.464 e. The van der Waals surface area contributed by atoms with Gasteiger partial charge in [-0.1, -0.05) is 13.0 Å². The van der Waals surface area contributed by atoms with Crippen LogP contribution in [0.25, 0.3) is 5.69 Å². The molecule has 1 aromatic heterocycles. The molecule has 1 aromatic carbocycles. The van der Waals surface area contributed by atoms with Crippen molar-refractivity contribution in [2.24, 2.45) is 5.73 Å². The van der Waals surface area contributed by atoms with Gasteiger partial charge in [-0.05, 0) is 18.2 Å². The molecule has 0 aliphatic rings. The van der Waals surface area contributed by atoms with Crippen LogP contribution in [-0.2, 0) is 11.2 Å². The number of amides is 1. The van der Waals surface area contributed by atoms with Crippen molar-refractivity contribution >= 4 is 17.7 Å². The zero-order valence-corrected chi connectivity index (χ0v) is 11.8. The van der Waals surface area contributed by atoms with E-state index in [1.807, 2.05) is 6.92 Å². The minimum atomic E-state index is -0.605. The molecule has 0 saturated carbocycles. The molecule has 0 saturated heterocycles. The summed E-state index contributed by atoms with van der Waals surface area (Å²) in [6.45, 7) is 1.89. The molecule has 0 fully saturated rings. The normalized spacial score (nSPS) is 10.4. The second-order valence-corrected chi connectivity index (χ2v) is 4.36. The van der Waals surface area contributed by atoms with Gasteiger partial charge in [0.1, 0.15) is 11.6 Å². The van der Waals surface area contributed by atoms with Gasteiger partial charge in [0.15, 0.2) is 5.69 Å². The molecule has 2 rings (SSSR count). The average molecular weight is 288 g/mol. The van der Waals surface area contributed by atoms with E-state index in [9.17, 15) is 9.59 Å². The van der Waals surface area contributed by atoms with Gasteiger partial charge in [0, 0.05) is 17.7 Å². The highest BCUT2D eigenvalue weighted by molar-refractivity contribution is 5.94. The number of anilines is 1. The lowest BCUT2D eigenvalue weighted by atomic mass is 10.2. The third-order valence-electron chi connectivity index (χ3n) is 3.07. The standard InChI is InChI=1S/C14H16N4O3/c1-3-10-17-11(14(20)21-2)12(15)18(10)9-6-4-5-8(7-9)13(16)19/h4-7H,3,15H2,1-2H3,(H2,16,19). The Kier molecular flexibility index (Phi) is 3.93. The van der Waals surface area contributed by atoms with E-state index in [2.05, 4.69) is 9.72 Å². The van der Waals surface area contributed by atoms with Gasteiger partial charge < -0.3 is 16.2 Å². The Morgan fingerprint density at radius 1 is 1.38 bits per heavy atom. The molecule has 110 valence electrons. The number of nitrogens with two attached hydrogens (primary N) is 2. The number of methoxy groups -OCH3 is 1. The minimum absolute atomic E-state index is 0.0545. The summed E-state index contributed by atoms with van der Waals surface area (Å²) in [5.74, 6) is -0.386. The number of nitrogen functional groups attached to an aromatic ring is 1. The highest BCUT2D eigenvalue weighted by Gasteiger charge is 2.21. The van der Waals surface area contributed by atoms with Gasteiger partial charge in [-0.15, -0.1) is 0 Å². The van der Waals surface area contributed by atoms with E-state index < -0.39 is 11.9 Å². The van der Waals surface area contributed by atoms with Crippen molar-refractivity contribution < 1.29 is 14.3 Å². The van der Waals surface area contributed by atoms with Crippen molar-refractivity contribution in [3.05, 3.63) is 41.3 Å². The number of hydrogen-bond acceptors (Lipinski definition) is 5. The summed E-state index contributed by atoms with van der Waals surface area (Å²) in [7, 11) is 1.26. The molecule has 1 amide bonds. The zero-order chi connectivity index (χ0) is 15.6. The van der Waals surface area contributed by atoms with Crippen LogP contribution in [-0.4, -0.2) is 28.5 Å². The topological polar surface area (TPSA) is 113 Å². The van der Waals surface area contributed by atoms with Crippen molar-refractivity contribution in [3.8, 4) is 5.69 Å². The van der Waals surface area contributed by atoms with E-state index >= 15 is 0 Å². The smallest absolute Gasteiger partial charge is 0.360 e. The van der Waals surface area contributed by atoms with Crippen LogP contribution in [0.2, 0.25) is 0 Å². The number of aryl methyl sites for hydroxylation is 1. The fourth-order valence-electron chi connectivity index (χ4n) is 2.05. The number of primary amides is 1. The van der Waals surface area contributed by atoms with Crippen LogP contribution in [0.15, 0.2) is 24.3 Å². The molecule has 0 aliphatic heterocycles. The average Bonchev–Trinajstić information content (AvgIpc) is 2.83. The number of esters is 1. The maximum absolute atomic E-state index is 11.7. The first-order valence-electron chi connectivity index (χ1n) is 6.35. The molecule has 7 heteroatoms. The Morgan fingerprint density at radius 3 is 2.67 bits per heavy atom. The predicted molar refractivity (Wildman–Crippen MR) is 77.2 cm³/mol. The fourth-order valence-corrected chi connectivity index (χ4v) is 2.05. The van der Waals surface area contributed by atoms with Crippen molar-refractivity contribution in [3.63, 3.8) is 0 Å². The van der Waals surface area contributed by atoms with E-state index in [-0.39, 0.29) is 11.5 Å². The lowest BCUT2D eigenvalue weighted by Gasteiger charge is -2.09. The van der Waals surface area contributed by atoms with Crippen LogP contribution in [0.3, 0.4) is 0 Å². The van der Waals surface area contributed by atoms with Gasteiger partial charge in [-0.25, -0.2) is 9.78 Å². The summed E-state index contributed by atoms with van der Waals surface area (Å²) < 4.78 is 6.27. The molecular formula is C14H16N4O3. The number of imidazole rings is 1. The number of nitrogens with zero attached hydrogens (tertiary/aromatic N) is 2. The third-order valence-corrected chi connectivity index (χ3v) is 3.07. The molecule has 21 heavy (non-hydrogen) atoms. The Bertz CT molecular complexity index is 706. The molecule has 0 spiro atoms. The van der Waals surface area contributed by atoms with Crippen LogP contribution in [0.4, 0.5) is 5.82 Å². The number of hydrogen-bond donors (Lipinski definition) is 2. The van der Waals surface area contributed by atoms with Gasteiger partial charge in [0.2, 0.25) is 5.91 Å². The minimum Gasteiger partial charge on any atom is -0.464 e. The van der Waals surface area contributed by atoms with Crippen LogP contribution < -0.4 is 11.5 Å². The monoisotopic (exact) mass is 288 g/mol. The first-order chi connectivity index (χ1) is 9.99. The fraction of sp³-hybridized carbons (Fsp3) is 0.214. The highest BCUT2D eigenvalue weighted by Crippen LogP contribution is 2.22. The van der Waals surface area contributed by atoms with Crippen molar-refractivity contribution in [1.82, 2.24) is 9.55 Å². The molecule has 2 aromatic rings. The second kappa shape index (κ2) is 5.66. The predicted octanol–water partition coefficient (Wildman–Crippen LogP) is 0.902. The number of benzene rings is 1. The van der Waals surface area contributed by atoms with Crippen LogP contribution in [0.5, 0.6) is 0 Å². The number of rotatable bonds is 4. The summed E-state index contributed by atoms with van der Waals surface area (Å²) in [5, 5.41) is 0. The van der Waals surface area contributed by atoms with Crippen LogP contribution >= 0.6 is 0 Å². The molecule has 0 bridgehead atoms. The maximum atomic E-state index is 11.7. The number of ether oxygens (including phenoxy) is 1. The zero-order valence-electron chi connectivity index (χ0n) is 11.8. The van der Waals surface area contributed by atoms with Gasteiger partial charge in [0.05, 0.1) is 7.11 Å². The summed E-state index contributed by atoms with van der Waals surface area (Å²) in [6, 6.07) is 6.64. The molecule has 4 N–H and O–H groups in total. The van der Waals surface area contributed by atoms with Crippen LogP contribution in [0.1, 0.15) is 33.6 Å². The first kappa shape index (κ1) is 14.6. The third kappa shape index (κ3) is 2.58. The molecule has 0 atom stereocenters. The number of carbonyl (C=O) groups excluding carboxylic acids is 2. The van der Waals surface area contributed by atoms with E-state index in [1.165, 1.54) is 7.11 Å². The summed E-state index contributed by atoms with van der Waals surface area (Å²) >= 11 is 0. The molecule has 1 heterocycles. The molecule has 0 radical (unpaired) electrons. The lowest BCUT2D eigenvalue weighted by Crippen LogP contribution is -2.12. The number of carbonyl (C=O) groups is 2. The molecule has 0 aliphatic carbocycles. The molecule has 0 unspecified atom stereocenters. The highest BCUT2D eigenvalue weighted by atomic mass is 16.5. The maximum Gasteiger partial charge on any atom is 0.360 e. The van der Waals surface area contributed by atoms with Crippen LogP contribution in [0, 0.1) is 0 Å². The number of aromatic nitrogens is 2. The first-order valence-corrected chi connectivity index (χ1v) is 6.35. The summed E-state index contributed by atoms with van der Waals surface area (Å²) in [6.07, 6.45) is 0.558. The quantitative estimate of drug-likeness (QED) is 0.811. The van der Waals surface area contributed by atoms with E-state index in [1.54, 1.807) is 28.8 Å². The van der Waals surface area contributed by atoms with Crippen molar-refractivity contribution in [2.75, 3.05) is 12.8 Å². The summed E-state index contributed by atoms with van der Waals surface area (Å²) in [5.41, 5.74) is 12.3. The lowest BCUT2D eigenvalue weighted by molar-refractivity contribution is 0.0595. The van der Waals surface area contributed by atoms with Crippen molar-refractivity contribution in [1.29, 1.82) is 0 Å². The Balaban J connectivity index is 2.63. The molecular weight excluding hydrogens is 272 g/mol. The van der Waals surface area contributed by atoms with Gasteiger partial charge in [-0.2, -0.15) is 0 Å². The Labute approximate surface area is 121 Å². The van der Waals surface area contributed by atoms with E-state index in [4.69, 9.17) is 11.5 Å². The second-order valence-electron chi connectivity index (χ2n) is 4.36. The van der Waals surface area contributed by atoms with E-state index in [0.717, 1.165) is 0 Å². The molecule has 7 nitrogen and oxygen atoms in total. The van der Waals surface area contributed by atoms with E-state index in [0.29, 0.717) is 23.5 Å². The van der Waals surface area contributed by atoms with Gasteiger partial charge >= 0.3 is 5.97 Å². The Hall–Kier alpha value is -2.83. The van der Waals surface area contributed by atoms with Gasteiger partial charge in [-0.3, -0.25) is 9.36 Å². The Morgan fingerprint density at radius 2 is 2.10 bits per heavy atom.